The summed E-state index contributed by atoms with van der Waals surface area (Å²) in [7, 11) is -3.51. The number of nitrogens with one attached hydrogen (secondary N) is 2. The Hall–Kier alpha value is -1.15. The Kier molecular flexibility index (Phi) is 7.01. The normalized spacial score (nSPS) is 22.2. The fourth-order valence-electron chi connectivity index (χ4n) is 2.46. The standard InChI is InChI=1S/C15H23N3O3S.ClH/c1-4-15(19)17-13-5-7-14(8-6-13)22(20,21)18-10-9-16-11(2)12(18)3;/h5-8,11-12,16H,4,9-10H2,1-3H3,(H,17,19);1H. The molecule has 0 bridgehead atoms. The number of rotatable bonds is 4. The molecule has 1 amide bonds. The van der Waals surface area contributed by atoms with E-state index in [0.717, 1.165) is 0 Å². The molecule has 1 saturated heterocycles. The maximum absolute atomic E-state index is 12.7. The Bertz CT molecular complexity index is 634. The molecule has 2 rings (SSSR count). The van der Waals surface area contributed by atoms with Crippen LogP contribution in [0.1, 0.15) is 27.2 Å². The monoisotopic (exact) mass is 361 g/mol. The molecule has 2 atom stereocenters. The van der Waals surface area contributed by atoms with E-state index in [1.54, 1.807) is 31.2 Å². The van der Waals surface area contributed by atoms with Crippen molar-refractivity contribution in [2.75, 3.05) is 18.4 Å². The fraction of sp³-hybridized carbons (Fsp3) is 0.533. The van der Waals surface area contributed by atoms with Crippen LogP contribution in [0.15, 0.2) is 29.2 Å². The first-order chi connectivity index (χ1) is 10.4. The van der Waals surface area contributed by atoms with E-state index < -0.39 is 10.0 Å². The Morgan fingerprint density at radius 1 is 1.30 bits per heavy atom. The molecule has 0 saturated carbocycles. The lowest BCUT2D eigenvalue weighted by Crippen LogP contribution is -2.57. The zero-order valence-corrected chi connectivity index (χ0v) is 15.2. The van der Waals surface area contributed by atoms with Crippen LogP contribution in [0.4, 0.5) is 5.69 Å². The number of sulfonamides is 1. The number of nitrogens with zero attached hydrogens (tertiary/aromatic N) is 1. The van der Waals surface area contributed by atoms with Crippen LogP contribution < -0.4 is 10.6 Å². The van der Waals surface area contributed by atoms with Gasteiger partial charge in [0, 0.05) is 37.3 Å². The summed E-state index contributed by atoms with van der Waals surface area (Å²) in [6, 6.07) is 6.35. The summed E-state index contributed by atoms with van der Waals surface area (Å²) < 4.78 is 27.0. The second-order valence-corrected chi connectivity index (χ2v) is 7.42. The van der Waals surface area contributed by atoms with Crippen LogP contribution in [0, 0.1) is 0 Å². The van der Waals surface area contributed by atoms with Crippen molar-refractivity contribution in [3.8, 4) is 0 Å². The first-order valence-electron chi connectivity index (χ1n) is 7.51. The molecule has 1 aromatic rings. The molecule has 130 valence electrons. The van der Waals surface area contributed by atoms with Crippen molar-refractivity contribution in [3.63, 3.8) is 0 Å². The van der Waals surface area contributed by atoms with Crippen molar-refractivity contribution in [2.24, 2.45) is 0 Å². The number of carbonyl (C=O) groups is 1. The average Bonchev–Trinajstić information content (AvgIpc) is 2.50. The lowest BCUT2D eigenvalue weighted by molar-refractivity contribution is -0.115. The summed E-state index contributed by atoms with van der Waals surface area (Å²) in [6.07, 6.45) is 0.385. The van der Waals surface area contributed by atoms with Crippen molar-refractivity contribution >= 4 is 34.0 Å². The number of halogens is 1. The predicted molar refractivity (Wildman–Crippen MR) is 93.4 cm³/mol. The van der Waals surface area contributed by atoms with Crippen LogP contribution in [0.5, 0.6) is 0 Å². The van der Waals surface area contributed by atoms with E-state index in [1.165, 1.54) is 4.31 Å². The molecule has 1 heterocycles. The van der Waals surface area contributed by atoms with Crippen molar-refractivity contribution in [1.29, 1.82) is 0 Å². The summed E-state index contributed by atoms with van der Waals surface area (Å²) in [5.74, 6) is -0.0971. The molecular formula is C15H24ClN3O3S. The molecule has 23 heavy (non-hydrogen) atoms. The highest BCUT2D eigenvalue weighted by atomic mass is 35.5. The molecule has 2 N–H and O–H groups in total. The molecule has 1 aliphatic rings. The first kappa shape index (κ1) is 19.9. The zero-order chi connectivity index (χ0) is 16.3. The van der Waals surface area contributed by atoms with Gasteiger partial charge in [0.1, 0.15) is 0 Å². The highest BCUT2D eigenvalue weighted by Gasteiger charge is 2.34. The van der Waals surface area contributed by atoms with E-state index in [2.05, 4.69) is 10.6 Å². The number of carbonyl (C=O) groups excluding carboxylic acids is 1. The minimum absolute atomic E-state index is 0. The molecule has 8 heteroatoms. The molecule has 1 aliphatic heterocycles. The fourth-order valence-corrected chi connectivity index (χ4v) is 4.16. The van der Waals surface area contributed by atoms with Crippen LogP contribution in [0.25, 0.3) is 0 Å². The molecule has 0 aliphatic carbocycles. The summed E-state index contributed by atoms with van der Waals surface area (Å²) in [4.78, 5) is 11.6. The van der Waals surface area contributed by atoms with E-state index in [9.17, 15) is 13.2 Å². The van der Waals surface area contributed by atoms with E-state index in [0.29, 0.717) is 25.2 Å². The van der Waals surface area contributed by atoms with Gasteiger partial charge in [-0.25, -0.2) is 8.42 Å². The third-order valence-corrected chi connectivity index (χ3v) is 6.04. The minimum atomic E-state index is -3.51. The van der Waals surface area contributed by atoms with Crippen molar-refractivity contribution in [3.05, 3.63) is 24.3 Å². The van der Waals surface area contributed by atoms with Gasteiger partial charge in [0.25, 0.3) is 0 Å². The lowest BCUT2D eigenvalue weighted by Gasteiger charge is -2.37. The van der Waals surface area contributed by atoms with Gasteiger partial charge in [0.15, 0.2) is 0 Å². The van der Waals surface area contributed by atoms with Crippen LogP contribution in [0.3, 0.4) is 0 Å². The highest BCUT2D eigenvalue weighted by molar-refractivity contribution is 7.89. The second kappa shape index (κ2) is 8.10. The average molecular weight is 362 g/mol. The summed E-state index contributed by atoms with van der Waals surface area (Å²) >= 11 is 0. The number of piperazine rings is 1. The molecule has 2 unspecified atom stereocenters. The van der Waals surface area contributed by atoms with Gasteiger partial charge in [-0.3, -0.25) is 4.79 Å². The van der Waals surface area contributed by atoms with Crippen LogP contribution >= 0.6 is 12.4 Å². The Morgan fingerprint density at radius 2 is 1.91 bits per heavy atom. The second-order valence-electron chi connectivity index (χ2n) is 5.53. The first-order valence-corrected chi connectivity index (χ1v) is 8.95. The minimum Gasteiger partial charge on any atom is -0.326 e. The van der Waals surface area contributed by atoms with Crippen molar-refractivity contribution < 1.29 is 13.2 Å². The number of benzene rings is 1. The zero-order valence-electron chi connectivity index (χ0n) is 13.6. The predicted octanol–water partition coefficient (Wildman–Crippen LogP) is 1.83. The van der Waals surface area contributed by atoms with Crippen LogP contribution in [-0.2, 0) is 14.8 Å². The topological polar surface area (TPSA) is 78.5 Å². The maximum atomic E-state index is 12.7. The number of hydrogen-bond acceptors (Lipinski definition) is 4. The van der Waals surface area contributed by atoms with Crippen molar-refractivity contribution in [2.45, 2.75) is 44.2 Å². The molecule has 0 spiro atoms. The van der Waals surface area contributed by atoms with E-state index in [-0.39, 0.29) is 35.3 Å². The van der Waals surface area contributed by atoms with Crippen LogP contribution in [0.2, 0.25) is 0 Å². The molecule has 0 radical (unpaired) electrons. The smallest absolute Gasteiger partial charge is 0.243 e. The van der Waals surface area contributed by atoms with Gasteiger partial charge < -0.3 is 10.6 Å². The van der Waals surface area contributed by atoms with Gasteiger partial charge in [0.2, 0.25) is 15.9 Å². The Morgan fingerprint density at radius 3 is 2.48 bits per heavy atom. The SMILES string of the molecule is CCC(=O)Nc1ccc(S(=O)(=O)N2CCNC(C)C2C)cc1.Cl. The van der Waals surface area contributed by atoms with Gasteiger partial charge in [-0.1, -0.05) is 6.92 Å². The van der Waals surface area contributed by atoms with Gasteiger partial charge in [-0.05, 0) is 38.1 Å². The molecule has 1 fully saturated rings. The number of amides is 1. The Labute approximate surface area is 144 Å². The van der Waals surface area contributed by atoms with Gasteiger partial charge in [0.05, 0.1) is 4.90 Å². The van der Waals surface area contributed by atoms with Gasteiger partial charge in [-0.15, -0.1) is 12.4 Å². The molecule has 0 aromatic heterocycles. The van der Waals surface area contributed by atoms with E-state index in [1.807, 2.05) is 13.8 Å². The quantitative estimate of drug-likeness (QED) is 0.857. The van der Waals surface area contributed by atoms with Crippen molar-refractivity contribution in [1.82, 2.24) is 9.62 Å². The molecular weight excluding hydrogens is 338 g/mol. The van der Waals surface area contributed by atoms with Crippen LogP contribution in [-0.4, -0.2) is 43.8 Å². The lowest BCUT2D eigenvalue weighted by atomic mass is 10.1. The summed E-state index contributed by atoms with van der Waals surface area (Å²) in [6.45, 7) is 6.76. The number of hydrogen-bond donors (Lipinski definition) is 2. The van der Waals surface area contributed by atoms with Gasteiger partial charge >= 0.3 is 0 Å². The summed E-state index contributed by atoms with van der Waals surface area (Å²) in [5, 5.41) is 5.98. The molecule has 1 aromatic carbocycles. The summed E-state index contributed by atoms with van der Waals surface area (Å²) in [5.41, 5.74) is 0.604. The van der Waals surface area contributed by atoms with E-state index in [4.69, 9.17) is 0 Å². The molecule has 6 nitrogen and oxygen atoms in total. The maximum Gasteiger partial charge on any atom is 0.243 e. The largest absolute Gasteiger partial charge is 0.326 e. The van der Waals surface area contributed by atoms with Gasteiger partial charge in [-0.2, -0.15) is 4.31 Å². The highest BCUT2D eigenvalue weighted by Crippen LogP contribution is 2.22. The third-order valence-electron chi connectivity index (χ3n) is 4.04. The third kappa shape index (κ3) is 4.44. The van der Waals surface area contributed by atoms with E-state index >= 15 is 0 Å². The number of anilines is 1. The Balaban J connectivity index is 0.00000264.